The van der Waals surface area contributed by atoms with Crippen LogP contribution >= 0.6 is 22.6 Å². The van der Waals surface area contributed by atoms with E-state index in [9.17, 15) is 0 Å². The normalized spacial score (nSPS) is 12.6. The number of aromatic nitrogens is 4. The van der Waals surface area contributed by atoms with Crippen molar-refractivity contribution in [1.82, 2.24) is 20.4 Å². The molecule has 0 aliphatic carbocycles. The minimum atomic E-state index is -0.0477. The molecule has 0 atom stereocenters. The molecule has 2 aromatic heterocycles. The van der Waals surface area contributed by atoms with Gasteiger partial charge in [0.15, 0.2) is 0 Å². The van der Waals surface area contributed by atoms with Crippen LogP contribution in [-0.2, 0) is 11.8 Å². The van der Waals surface area contributed by atoms with Crippen molar-refractivity contribution in [3.8, 4) is 0 Å². The van der Waals surface area contributed by atoms with Crippen LogP contribution in [0.25, 0.3) is 21.8 Å². The monoisotopic (exact) mass is 472 g/mol. The molecule has 4 nitrogen and oxygen atoms in total. The van der Waals surface area contributed by atoms with Gasteiger partial charge in [-0.2, -0.15) is 10.2 Å². The van der Waals surface area contributed by atoms with Crippen molar-refractivity contribution in [1.29, 1.82) is 0 Å². The first-order chi connectivity index (χ1) is 12.8. The number of halogens is 1. The van der Waals surface area contributed by atoms with Gasteiger partial charge in [-0.1, -0.05) is 33.8 Å². The Morgan fingerprint density at radius 2 is 1.85 bits per heavy atom. The second kappa shape index (κ2) is 6.62. The summed E-state index contributed by atoms with van der Waals surface area (Å²) in [5.74, 6) is 0.451. The summed E-state index contributed by atoms with van der Waals surface area (Å²) in [6.07, 6.45) is 2.84. The molecule has 2 N–H and O–H groups in total. The molecule has 0 bridgehead atoms. The minimum absolute atomic E-state index is 0.0477. The average Bonchev–Trinajstić information content (AvgIpc) is 3.20. The van der Waals surface area contributed by atoms with E-state index in [1.807, 2.05) is 6.20 Å². The quantitative estimate of drug-likeness (QED) is 0.358. The zero-order chi connectivity index (χ0) is 19.3. The fourth-order valence-electron chi connectivity index (χ4n) is 4.37. The highest BCUT2D eigenvalue weighted by molar-refractivity contribution is 14.1. The number of benzene rings is 2. The third kappa shape index (κ3) is 3.06. The van der Waals surface area contributed by atoms with Crippen LogP contribution in [0.15, 0.2) is 30.5 Å². The molecule has 140 valence electrons. The van der Waals surface area contributed by atoms with Crippen LogP contribution in [0.3, 0.4) is 0 Å². The van der Waals surface area contributed by atoms with E-state index >= 15 is 0 Å². The van der Waals surface area contributed by atoms with E-state index in [0.29, 0.717) is 5.92 Å². The zero-order valence-electron chi connectivity index (χ0n) is 16.4. The Bertz CT molecular complexity index is 1130. The highest BCUT2D eigenvalue weighted by atomic mass is 127. The molecular formula is C22H25IN4. The third-order valence-corrected chi connectivity index (χ3v) is 6.44. The summed E-state index contributed by atoms with van der Waals surface area (Å²) in [4.78, 5) is 0. The van der Waals surface area contributed by atoms with E-state index in [1.54, 1.807) is 0 Å². The summed E-state index contributed by atoms with van der Waals surface area (Å²) in [5.41, 5.74) is 7.35. The highest BCUT2D eigenvalue weighted by Crippen LogP contribution is 2.37. The standard InChI is InChI=1S/C22H25IN4/c1-12(2)19-16(23)8-7-14-18(26-27-21(14)19)10-22(4,5)20-13(3)6-9-17-15(20)11-24-25-17/h6-9,11-12H,10H2,1-5H3,(H,24,25)(H,26,27). The molecule has 0 aliphatic rings. The summed E-state index contributed by atoms with van der Waals surface area (Å²) in [6.45, 7) is 11.3. The van der Waals surface area contributed by atoms with Gasteiger partial charge in [0, 0.05) is 20.0 Å². The van der Waals surface area contributed by atoms with Crippen LogP contribution in [-0.4, -0.2) is 20.4 Å². The number of hydrogen-bond acceptors (Lipinski definition) is 2. The summed E-state index contributed by atoms with van der Waals surface area (Å²) in [5, 5.41) is 17.9. The molecule has 0 unspecified atom stereocenters. The SMILES string of the molecule is Cc1ccc2[nH]ncc2c1C(C)(C)Cc1[nH]nc2c(C(C)C)c(I)ccc12. The third-order valence-electron chi connectivity index (χ3n) is 5.50. The molecule has 2 heterocycles. The predicted octanol–water partition coefficient (Wildman–Crippen LogP) is 6.00. The number of fused-ring (bicyclic) bond motifs is 2. The first kappa shape index (κ1) is 18.5. The first-order valence-corrected chi connectivity index (χ1v) is 10.5. The molecule has 0 saturated carbocycles. The van der Waals surface area contributed by atoms with Gasteiger partial charge in [-0.05, 0) is 82.2 Å². The predicted molar refractivity (Wildman–Crippen MR) is 120 cm³/mol. The molecule has 2 aromatic carbocycles. The zero-order valence-corrected chi connectivity index (χ0v) is 18.6. The molecule has 0 aliphatic heterocycles. The molecule has 0 spiro atoms. The number of aromatic amines is 2. The van der Waals surface area contributed by atoms with Crippen LogP contribution in [0.5, 0.6) is 0 Å². The van der Waals surface area contributed by atoms with Crippen LogP contribution < -0.4 is 0 Å². The molecule has 0 amide bonds. The Labute approximate surface area is 173 Å². The largest absolute Gasteiger partial charge is 0.281 e. The first-order valence-electron chi connectivity index (χ1n) is 9.38. The lowest BCUT2D eigenvalue weighted by molar-refractivity contribution is 0.518. The van der Waals surface area contributed by atoms with E-state index in [-0.39, 0.29) is 5.41 Å². The van der Waals surface area contributed by atoms with Crippen molar-refractivity contribution in [2.24, 2.45) is 0 Å². The van der Waals surface area contributed by atoms with E-state index in [1.165, 1.54) is 36.7 Å². The molecule has 0 fully saturated rings. The Morgan fingerprint density at radius 1 is 1.07 bits per heavy atom. The Balaban J connectivity index is 1.83. The molecule has 5 heteroatoms. The fraction of sp³-hybridized carbons (Fsp3) is 0.364. The molecule has 4 rings (SSSR count). The fourth-order valence-corrected chi connectivity index (χ4v) is 5.43. The van der Waals surface area contributed by atoms with Gasteiger partial charge in [-0.15, -0.1) is 0 Å². The van der Waals surface area contributed by atoms with Crippen molar-refractivity contribution in [2.75, 3.05) is 0 Å². The Kier molecular flexibility index (Phi) is 4.53. The van der Waals surface area contributed by atoms with Gasteiger partial charge in [0.1, 0.15) is 0 Å². The number of aryl methyl sites for hydroxylation is 1. The van der Waals surface area contributed by atoms with Crippen molar-refractivity contribution in [3.63, 3.8) is 0 Å². The van der Waals surface area contributed by atoms with E-state index in [2.05, 4.69) is 96.8 Å². The topological polar surface area (TPSA) is 57.4 Å². The summed E-state index contributed by atoms with van der Waals surface area (Å²) < 4.78 is 1.28. The van der Waals surface area contributed by atoms with Crippen LogP contribution in [0, 0.1) is 10.5 Å². The second-order valence-electron chi connectivity index (χ2n) is 8.36. The van der Waals surface area contributed by atoms with E-state index in [4.69, 9.17) is 5.10 Å². The summed E-state index contributed by atoms with van der Waals surface area (Å²) in [6, 6.07) is 8.72. The van der Waals surface area contributed by atoms with Gasteiger partial charge >= 0.3 is 0 Å². The van der Waals surface area contributed by atoms with Crippen molar-refractivity contribution in [3.05, 3.63) is 56.4 Å². The number of nitrogens with one attached hydrogen (secondary N) is 2. The lowest BCUT2D eigenvalue weighted by atomic mass is 9.76. The van der Waals surface area contributed by atoms with E-state index < -0.39 is 0 Å². The van der Waals surface area contributed by atoms with Crippen molar-refractivity contribution < 1.29 is 0 Å². The van der Waals surface area contributed by atoms with Gasteiger partial charge in [0.05, 0.1) is 17.2 Å². The Morgan fingerprint density at radius 3 is 2.59 bits per heavy atom. The molecule has 27 heavy (non-hydrogen) atoms. The minimum Gasteiger partial charge on any atom is -0.281 e. The smallest absolute Gasteiger partial charge is 0.0968 e. The lowest BCUT2D eigenvalue weighted by Crippen LogP contribution is -2.22. The number of H-pyrrole nitrogens is 2. The number of rotatable bonds is 4. The highest BCUT2D eigenvalue weighted by Gasteiger charge is 2.28. The van der Waals surface area contributed by atoms with Gasteiger partial charge < -0.3 is 0 Å². The average molecular weight is 472 g/mol. The molecular weight excluding hydrogens is 447 g/mol. The van der Waals surface area contributed by atoms with Gasteiger partial charge in [-0.25, -0.2) is 0 Å². The van der Waals surface area contributed by atoms with E-state index in [0.717, 1.165) is 17.5 Å². The van der Waals surface area contributed by atoms with Crippen LogP contribution in [0.4, 0.5) is 0 Å². The second-order valence-corrected chi connectivity index (χ2v) is 9.53. The maximum Gasteiger partial charge on any atom is 0.0968 e. The van der Waals surface area contributed by atoms with Gasteiger partial charge in [-0.3, -0.25) is 10.2 Å². The maximum atomic E-state index is 4.70. The number of hydrogen-bond donors (Lipinski definition) is 2. The van der Waals surface area contributed by atoms with Gasteiger partial charge in [0.25, 0.3) is 0 Å². The van der Waals surface area contributed by atoms with Gasteiger partial charge in [0.2, 0.25) is 0 Å². The van der Waals surface area contributed by atoms with Crippen LogP contribution in [0.2, 0.25) is 0 Å². The summed E-state index contributed by atoms with van der Waals surface area (Å²) in [7, 11) is 0. The molecule has 4 aromatic rings. The van der Waals surface area contributed by atoms with Crippen molar-refractivity contribution >= 4 is 44.4 Å². The molecule has 0 saturated heterocycles. The summed E-state index contributed by atoms with van der Waals surface area (Å²) >= 11 is 2.42. The maximum absolute atomic E-state index is 4.70. The van der Waals surface area contributed by atoms with Crippen molar-refractivity contribution in [2.45, 2.75) is 52.4 Å². The number of nitrogens with zero attached hydrogens (tertiary/aromatic N) is 2. The molecule has 0 radical (unpaired) electrons. The lowest BCUT2D eigenvalue weighted by Gasteiger charge is -2.27. The Hall–Kier alpha value is -1.89. The van der Waals surface area contributed by atoms with Crippen LogP contribution in [0.1, 0.15) is 56.0 Å².